The van der Waals surface area contributed by atoms with Crippen molar-refractivity contribution in [3.05, 3.63) is 58.3 Å². The molecule has 0 radical (unpaired) electrons. The Morgan fingerprint density at radius 1 is 1.10 bits per heavy atom. The number of fused-ring (bicyclic) bond motifs is 7. The Kier molecular flexibility index (Phi) is 3.63. The van der Waals surface area contributed by atoms with Gasteiger partial charge in [-0.3, -0.25) is 19.3 Å². The first-order valence-electron chi connectivity index (χ1n) is 9.97. The Morgan fingerprint density at radius 2 is 1.90 bits per heavy atom. The van der Waals surface area contributed by atoms with E-state index < -0.39 is 35.0 Å². The van der Waals surface area contributed by atoms with Gasteiger partial charge in [0.2, 0.25) is 17.7 Å². The number of nitrogens with zero attached hydrogens (tertiary/aromatic N) is 2. The number of nitrogens with one attached hydrogen (secondary N) is 1. The van der Waals surface area contributed by atoms with Gasteiger partial charge in [0.05, 0.1) is 17.5 Å². The van der Waals surface area contributed by atoms with Gasteiger partial charge in [0.15, 0.2) is 0 Å². The Balaban J connectivity index is 1.58. The summed E-state index contributed by atoms with van der Waals surface area (Å²) < 4.78 is 15.3. The average Bonchev–Trinajstić information content (AvgIpc) is 3.42. The minimum Gasteiger partial charge on any atom is -0.324 e. The van der Waals surface area contributed by atoms with E-state index in [0.717, 1.165) is 22.2 Å². The van der Waals surface area contributed by atoms with Crippen molar-refractivity contribution in [2.45, 2.75) is 24.4 Å². The fraction of sp³-hybridized carbons (Fsp3) is 0.318. The monoisotopic (exact) mass is 469 g/mol. The number of anilines is 2. The zero-order valence-corrected chi connectivity index (χ0v) is 17.4. The summed E-state index contributed by atoms with van der Waals surface area (Å²) in [6, 6.07) is 11.1. The molecule has 1 N–H and O–H groups in total. The number of imide groups is 1. The first-order valence-corrected chi connectivity index (χ1v) is 10.8. The van der Waals surface area contributed by atoms with E-state index in [1.807, 2.05) is 17.0 Å². The van der Waals surface area contributed by atoms with Gasteiger partial charge in [-0.25, -0.2) is 9.29 Å². The zero-order chi connectivity index (χ0) is 20.8. The minimum absolute atomic E-state index is 0.0468. The van der Waals surface area contributed by atoms with Crippen LogP contribution in [0.1, 0.15) is 18.4 Å². The Bertz CT molecular complexity index is 1150. The van der Waals surface area contributed by atoms with Crippen molar-refractivity contribution in [3.8, 4) is 0 Å². The van der Waals surface area contributed by atoms with Gasteiger partial charge < -0.3 is 5.32 Å². The SMILES string of the molecule is O=C1[C@@H]2[C@@H]3CCCN3[C@]3(C(=O)Nc4ccc(Br)cc43)[C@H]2C(=O)N1c1ccccc1F. The van der Waals surface area contributed by atoms with Crippen LogP contribution < -0.4 is 10.2 Å². The van der Waals surface area contributed by atoms with E-state index in [-0.39, 0.29) is 17.6 Å². The maximum absolute atomic E-state index is 14.5. The summed E-state index contributed by atoms with van der Waals surface area (Å²) in [5.41, 5.74) is 0.0592. The first kappa shape index (κ1) is 18.2. The molecule has 0 unspecified atom stereocenters. The van der Waals surface area contributed by atoms with Crippen molar-refractivity contribution in [2.24, 2.45) is 11.8 Å². The molecule has 3 fully saturated rings. The lowest BCUT2D eigenvalue weighted by atomic mass is 9.75. The van der Waals surface area contributed by atoms with Crippen molar-refractivity contribution < 1.29 is 18.8 Å². The highest BCUT2D eigenvalue weighted by atomic mass is 79.9. The van der Waals surface area contributed by atoms with E-state index in [1.165, 1.54) is 18.2 Å². The van der Waals surface area contributed by atoms with Crippen LogP contribution in [-0.4, -0.2) is 35.2 Å². The molecule has 0 aliphatic carbocycles. The molecule has 4 atom stereocenters. The molecule has 3 amide bonds. The molecule has 0 saturated carbocycles. The summed E-state index contributed by atoms with van der Waals surface area (Å²) in [5.74, 6) is -3.39. The second-order valence-electron chi connectivity index (χ2n) is 8.28. The lowest BCUT2D eigenvalue weighted by Gasteiger charge is -2.36. The number of benzene rings is 2. The zero-order valence-electron chi connectivity index (χ0n) is 15.8. The van der Waals surface area contributed by atoms with E-state index in [4.69, 9.17) is 0 Å². The van der Waals surface area contributed by atoms with Gasteiger partial charge in [-0.05, 0) is 49.7 Å². The molecule has 8 heteroatoms. The molecular formula is C22H17BrFN3O3. The highest BCUT2D eigenvalue weighted by Gasteiger charge is 2.74. The number of carbonyl (C=O) groups excluding carboxylic acids is 3. The van der Waals surface area contributed by atoms with Crippen LogP contribution in [0.4, 0.5) is 15.8 Å². The van der Waals surface area contributed by atoms with Gasteiger partial charge in [-0.15, -0.1) is 0 Å². The number of rotatable bonds is 1. The lowest BCUT2D eigenvalue weighted by Crippen LogP contribution is -2.54. The smallest absolute Gasteiger partial charge is 0.250 e. The average molecular weight is 470 g/mol. The standard InChI is InChI=1S/C22H17BrFN3O3/c23-11-7-8-14-12(10-11)22(21(30)25-14)18-17(16-6-3-9-26(16)22)19(28)27(20(18)29)15-5-2-1-4-13(15)24/h1-2,4-5,7-8,10,16-18H,3,6,9H2,(H,25,30)/t16-,17+,18+,22-/m0/s1. The van der Waals surface area contributed by atoms with Gasteiger partial charge in [0.1, 0.15) is 11.4 Å². The maximum Gasteiger partial charge on any atom is 0.250 e. The normalized spacial score (nSPS) is 32.0. The molecule has 4 aliphatic heterocycles. The molecule has 0 aromatic heterocycles. The fourth-order valence-electron chi connectivity index (χ4n) is 6.05. The van der Waals surface area contributed by atoms with E-state index in [9.17, 15) is 18.8 Å². The minimum atomic E-state index is -1.25. The third-order valence-corrected chi connectivity index (χ3v) is 7.54. The number of para-hydroxylation sites is 1. The summed E-state index contributed by atoms with van der Waals surface area (Å²) >= 11 is 3.48. The van der Waals surface area contributed by atoms with Gasteiger partial charge >= 0.3 is 0 Å². The third-order valence-electron chi connectivity index (χ3n) is 7.05. The lowest BCUT2D eigenvalue weighted by molar-refractivity contribution is -0.135. The largest absolute Gasteiger partial charge is 0.324 e. The van der Waals surface area contributed by atoms with Crippen LogP contribution in [0.2, 0.25) is 0 Å². The molecule has 4 heterocycles. The second kappa shape index (κ2) is 5.98. The predicted molar refractivity (Wildman–Crippen MR) is 110 cm³/mol. The first-order chi connectivity index (χ1) is 14.5. The van der Waals surface area contributed by atoms with Crippen molar-refractivity contribution in [1.29, 1.82) is 0 Å². The third kappa shape index (κ3) is 1.98. The Labute approximate surface area is 180 Å². The molecular weight excluding hydrogens is 453 g/mol. The predicted octanol–water partition coefficient (Wildman–Crippen LogP) is 3.02. The molecule has 2 aromatic rings. The summed E-state index contributed by atoms with van der Waals surface area (Å²) in [7, 11) is 0. The van der Waals surface area contributed by atoms with Crippen LogP contribution in [-0.2, 0) is 19.9 Å². The molecule has 6 nitrogen and oxygen atoms in total. The summed E-state index contributed by atoms with van der Waals surface area (Å²) in [6.07, 6.45) is 1.57. The number of halogens is 2. The number of amides is 3. The molecule has 30 heavy (non-hydrogen) atoms. The van der Waals surface area contributed by atoms with Gasteiger partial charge in [-0.1, -0.05) is 28.1 Å². The molecule has 1 spiro atoms. The van der Waals surface area contributed by atoms with Crippen LogP contribution in [0.3, 0.4) is 0 Å². The van der Waals surface area contributed by atoms with Crippen LogP contribution in [0, 0.1) is 17.7 Å². The highest BCUT2D eigenvalue weighted by Crippen LogP contribution is 2.60. The van der Waals surface area contributed by atoms with Crippen molar-refractivity contribution in [2.75, 3.05) is 16.8 Å². The fourth-order valence-corrected chi connectivity index (χ4v) is 6.41. The molecule has 0 bridgehead atoms. The second-order valence-corrected chi connectivity index (χ2v) is 9.20. The van der Waals surface area contributed by atoms with Crippen LogP contribution in [0.5, 0.6) is 0 Å². The van der Waals surface area contributed by atoms with Gasteiger partial charge in [0, 0.05) is 21.8 Å². The van der Waals surface area contributed by atoms with Gasteiger partial charge in [0.25, 0.3) is 0 Å². The van der Waals surface area contributed by atoms with Crippen LogP contribution in [0.25, 0.3) is 0 Å². The molecule has 2 aromatic carbocycles. The topological polar surface area (TPSA) is 69.7 Å². The quantitative estimate of drug-likeness (QED) is 0.651. The van der Waals surface area contributed by atoms with E-state index >= 15 is 0 Å². The molecule has 152 valence electrons. The number of hydrogen-bond donors (Lipinski definition) is 1. The van der Waals surface area contributed by atoms with Gasteiger partial charge in [-0.2, -0.15) is 0 Å². The van der Waals surface area contributed by atoms with E-state index in [0.29, 0.717) is 17.8 Å². The number of carbonyl (C=O) groups is 3. The summed E-state index contributed by atoms with van der Waals surface area (Å²) in [6.45, 7) is 0.636. The van der Waals surface area contributed by atoms with Crippen molar-refractivity contribution >= 4 is 45.0 Å². The highest BCUT2D eigenvalue weighted by molar-refractivity contribution is 9.10. The Morgan fingerprint density at radius 3 is 2.70 bits per heavy atom. The molecule has 6 rings (SSSR count). The molecule has 4 aliphatic rings. The maximum atomic E-state index is 14.5. The summed E-state index contributed by atoms with van der Waals surface area (Å²) in [4.78, 5) is 43.7. The summed E-state index contributed by atoms with van der Waals surface area (Å²) in [5, 5.41) is 2.93. The van der Waals surface area contributed by atoms with E-state index in [1.54, 1.807) is 12.1 Å². The Hall–Kier alpha value is -2.58. The van der Waals surface area contributed by atoms with Crippen molar-refractivity contribution in [3.63, 3.8) is 0 Å². The van der Waals surface area contributed by atoms with E-state index in [2.05, 4.69) is 21.2 Å². The molecule has 3 saturated heterocycles. The van der Waals surface area contributed by atoms with Crippen LogP contribution >= 0.6 is 15.9 Å². The van der Waals surface area contributed by atoms with Crippen LogP contribution in [0.15, 0.2) is 46.9 Å². The number of hydrogen-bond acceptors (Lipinski definition) is 4. The van der Waals surface area contributed by atoms with Crippen molar-refractivity contribution in [1.82, 2.24) is 4.90 Å².